The lowest BCUT2D eigenvalue weighted by molar-refractivity contribution is 0.870. The molecule has 0 aliphatic rings. The number of hydrogen-bond donors (Lipinski definition) is 0. The van der Waals surface area contributed by atoms with Crippen LogP contribution >= 0.6 is 39.3 Å². The van der Waals surface area contributed by atoms with E-state index in [0.29, 0.717) is 5.15 Å². The summed E-state index contributed by atoms with van der Waals surface area (Å²) in [6, 6.07) is 3.89. The van der Waals surface area contributed by atoms with Gasteiger partial charge in [0.2, 0.25) is 0 Å². The first kappa shape index (κ1) is 13.8. The van der Waals surface area contributed by atoms with Crippen molar-refractivity contribution in [2.45, 2.75) is 30.3 Å². The number of hydrogen-bond acceptors (Lipinski definition) is 4. The van der Waals surface area contributed by atoms with Crippen molar-refractivity contribution in [3.63, 3.8) is 0 Å². The molecule has 2 heterocycles. The van der Waals surface area contributed by atoms with Crippen LogP contribution in [0, 0.1) is 6.92 Å². The molecule has 0 unspecified atom stereocenters. The van der Waals surface area contributed by atoms with Crippen molar-refractivity contribution < 1.29 is 0 Å². The molecule has 0 atom stereocenters. The number of pyridine rings is 1. The largest absolute Gasteiger partial charge is 0.248 e. The van der Waals surface area contributed by atoms with Crippen molar-refractivity contribution in [2.75, 3.05) is 0 Å². The van der Waals surface area contributed by atoms with Crippen LogP contribution < -0.4 is 0 Å². The first-order valence-corrected chi connectivity index (χ1v) is 7.41. The van der Waals surface area contributed by atoms with Gasteiger partial charge in [0.1, 0.15) is 21.0 Å². The molecule has 18 heavy (non-hydrogen) atoms. The molecule has 3 nitrogen and oxygen atoms in total. The average Bonchev–Trinajstić information content (AvgIpc) is 2.37. The summed E-state index contributed by atoms with van der Waals surface area (Å²) in [6.07, 6.45) is 2.53. The van der Waals surface area contributed by atoms with Crippen LogP contribution in [0.1, 0.15) is 18.3 Å². The molecule has 0 bridgehead atoms. The standard InChI is InChI=1S/C12H11BrClN3S/c1-3-9-16-11(14)7(2)12(17-9)18-10-5-4-8(13)6-15-10/h4-6H,3H2,1-2H3. The Labute approximate surface area is 124 Å². The number of aromatic nitrogens is 3. The second kappa shape index (κ2) is 5.99. The summed E-state index contributed by atoms with van der Waals surface area (Å²) < 4.78 is 0.957. The van der Waals surface area contributed by atoms with Crippen molar-refractivity contribution >= 4 is 39.3 Å². The molecule has 0 N–H and O–H groups in total. The Bertz CT molecular complexity index is 560. The fourth-order valence-corrected chi connectivity index (χ4v) is 2.61. The second-order valence-electron chi connectivity index (χ2n) is 3.63. The molecular formula is C12H11BrClN3S. The van der Waals surface area contributed by atoms with E-state index in [1.54, 1.807) is 6.20 Å². The van der Waals surface area contributed by atoms with E-state index in [4.69, 9.17) is 11.6 Å². The zero-order valence-corrected chi connectivity index (χ0v) is 13.1. The lowest BCUT2D eigenvalue weighted by Crippen LogP contribution is -1.98. The summed E-state index contributed by atoms with van der Waals surface area (Å²) in [7, 11) is 0. The van der Waals surface area contributed by atoms with Gasteiger partial charge in [0.05, 0.1) is 0 Å². The quantitative estimate of drug-likeness (QED) is 0.778. The minimum atomic E-state index is 0.515. The van der Waals surface area contributed by atoms with Gasteiger partial charge in [-0.3, -0.25) is 0 Å². The van der Waals surface area contributed by atoms with Crippen LogP contribution in [0.3, 0.4) is 0 Å². The Balaban J connectivity index is 2.33. The van der Waals surface area contributed by atoms with Gasteiger partial charge in [-0.15, -0.1) is 0 Å². The predicted molar refractivity (Wildman–Crippen MR) is 77.2 cm³/mol. The van der Waals surface area contributed by atoms with Crippen molar-refractivity contribution in [1.29, 1.82) is 0 Å². The summed E-state index contributed by atoms with van der Waals surface area (Å²) in [4.78, 5) is 13.0. The third-order valence-corrected chi connectivity index (χ3v) is 4.18. The SMILES string of the molecule is CCc1nc(Cl)c(C)c(Sc2ccc(Br)cn2)n1. The molecule has 0 amide bonds. The maximum Gasteiger partial charge on any atom is 0.136 e. The van der Waals surface area contributed by atoms with Gasteiger partial charge in [-0.2, -0.15) is 0 Å². The van der Waals surface area contributed by atoms with Crippen LogP contribution in [-0.2, 0) is 6.42 Å². The van der Waals surface area contributed by atoms with Crippen LogP contribution in [0.2, 0.25) is 5.15 Å². The summed E-state index contributed by atoms with van der Waals surface area (Å²) in [6.45, 7) is 3.93. The van der Waals surface area contributed by atoms with Gasteiger partial charge < -0.3 is 0 Å². The minimum Gasteiger partial charge on any atom is -0.248 e. The van der Waals surface area contributed by atoms with Gasteiger partial charge in [0.25, 0.3) is 0 Å². The summed E-state index contributed by atoms with van der Waals surface area (Å²) in [5.41, 5.74) is 0.892. The van der Waals surface area contributed by atoms with Crippen molar-refractivity contribution in [2.24, 2.45) is 0 Å². The van der Waals surface area contributed by atoms with Crippen LogP contribution in [0.4, 0.5) is 0 Å². The van der Waals surface area contributed by atoms with Gasteiger partial charge in [0.15, 0.2) is 0 Å². The monoisotopic (exact) mass is 343 g/mol. The fourth-order valence-electron chi connectivity index (χ4n) is 1.29. The highest BCUT2D eigenvalue weighted by Crippen LogP contribution is 2.30. The lowest BCUT2D eigenvalue weighted by atomic mass is 10.3. The van der Waals surface area contributed by atoms with Crippen LogP contribution in [0.15, 0.2) is 32.9 Å². The molecule has 0 aromatic carbocycles. The number of rotatable bonds is 3. The Kier molecular flexibility index (Phi) is 4.59. The van der Waals surface area contributed by atoms with E-state index in [0.717, 1.165) is 32.3 Å². The Hall–Kier alpha value is -0.650. The van der Waals surface area contributed by atoms with Gasteiger partial charge in [-0.1, -0.05) is 18.5 Å². The molecule has 0 aliphatic heterocycles. The summed E-state index contributed by atoms with van der Waals surface area (Å²) in [5, 5.41) is 2.27. The van der Waals surface area contributed by atoms with Crippen molar-refractivity contribution in [3.8, 4) is 0 Å². The molecule has 94 valence electrons. The van der Waals surface area contributed by atoms with Crippen LogP contribution in [0.5, 0.6) is 0 Å². The van der Waals surface area contributed by atoms with Gasteiger partial charge in [-0.05, 0) is 46.7 Å². The molecule has 2 aromatic rings. The Morgan fingerprint density at radius 2 is 2.11 bits per heavy atom. The van der Waals surface area contributed by atoms with E-state index in [-0.39, 0.29) is 0 Å². The molecule has 2 rings (SSSR count). The third kappa shape index (κ3) is 3.22. The normalized spacial score (nSPS) is 10.7. The second-order valence-corrected chi connectivity index (χ2v) is 5.91. The first-order valence-electron chi connectivity index (χ1n) is 5.42. The Morgan fingerprint density at radius 3 is 2.72 bits per heavy atom. The molecule has 0 radical (unpaired) electrons. The molecule has 0 saturated heterocycles. The molecular weight excluding hydrogens is 334 g/mol. The predicted octanol–water partition coefficient (Wildman–Crippen LogP) is 4.31. The van der Waals surface area contributed by atoms with E-state index in [2.05, 4.69) is 30.9 Å². The fraction of sp³-hybridized carbons (Fsp3) is 0.250. The van der Waals surface area contributed by atoms with Crippen molar-refractivity contribution in [1.82, 2.24) is 15.0 Å². The molecule has 6 heteroatoms. The maximum absolute atomic E-state index is 6.10. The van der Waals surface area contributed by atoms with Gasteiger partial charge in [0, 0.05) is 22.7 Å². The van der Waals surface area contributed by atoms with Crippen LogP contribution in [-0.4, -0.2) is 15.0 Å². The number of nitrogens with zero attached hydrogens (tertiary/aromatic N) is 3. The van der Waals surface area contributed by atoms with E-state index in [9.17, 15) is 0 Å². The minimum absolute atomic E-state index is 0.515. The Morgan fingerprint density at radius 1 is 1.33 bits per heavy atom. The molecule has 0 spiro atoms. The summed E-state index contributed by atoms with van der Waals surface area (Å²) >= 11 is 11.0. The zero-order chi connectivity index (χ0) is 13.1. The number of halogens is 2. The smallest absolute Gasteiger partial charge is 0.136 e. The molecule has 0 fully saturated rings. The van der Waals surface area contributed by atoms with E-state index < -0.39 is 0 Å². The summed E-state index contributed by atoms with van der Waals surface area (Å²) in [5.74, 6) is 0.755. The maximum atomic E-state index is 6.10. The highest BCUT2D eigenvalue weighted by atomic mass is 79.9. The molecule has 2 aromatic heterocycles. The van der Waals surface area contributed by atoms with E-state index >= 15 is 0 Å². The highest BCUT2D eigenvalue weighted by molar-refractivity contribution is 9.10. The van der Waals surface area contributed by atoms with Crippen molar-refractivity contribution in [3.05, 3.63) is 39.3 Å². The average molecular weight is 345 g/mol. The topological polar surface area (TPSA) is 38.7 Å². The zero-order valence-electron chi connectivity index (χ0n) is 9.94. The van der Waals surface area contributed by atoms with Crippen LogP contribution in [0.25, 0.3) is 0 Å². The van der Waals surface area contributed by atoms with E-state index in [1.807, 2.05) is 26.0 Å². The van der Waals surface area contributed by atoms with Gasteiger partial charge >= 0.3 is 0 Å². The van der Waals surface area contributed by atoms with Gasteiger partial charge in [-0.25, -0.2) is 15.0 Å². The molecule has 0 saturated carbocycles. The lowest BCUT2D eigenvalue weighted by Gasteiger charge is -2.07. The molecule has 0 aliphatic carbocycles. The highest BCUT2D eigenvalue weighted by Gasteiger charge is 2.10. The first-order chi connectivity index (χ1) is 8.60. The number of aryl methyl sites for hydroxylation is 1. The third-order valence-electron chi connectivity index (χ3n) is 2.31. The van der Waals surface area contributed by atoms with E-state index in [1.165, 1.54) is 11.8 Å².